The highest BCUT2D eigenvalue weighted by Gasteiger charge is 1.99. The fourth-order valence-electron chi connectivity index (χ4n) is 0.830. The van der Waals surface area contributed by atoms with Crippen molar-refractivity contribution in [2.45, 2.75) is 6.42 Å². The van der Waals surface area contributed by atoms with Gasteiger partial charge < -0.3 is 0 Å². The lowest BCUT2D eigenvalue weighted by molar-refractivity contribution is 0.911. The summed E-state index contributed by atoms with van der Waals surface area (Å²) in [5.41, 5.74) is 0. The lowest BCUT2D eigenvalue weighted by atomic mass is 10.4. The number of aromatic nitrogens is 4. The maximum absolute atomic E-state index is 4.13. The Morgan fingerprint density at radius 3 is 2.67 bits per heavy atom. The van der Waals surface area contributed by atoms with Crippen LogP contribution in [0.2, 0.25) is 0 Å². The third kappa shape index (κ3) is 1.62. The van der Waals surface area contributed by atoms with Gasteiger partial charge in [-0.05, 0) is 0 Å². The highest BCUT2D eigenvalue weighted by molar-refractivity contribution is 7.09. The number of nitrogens with zero attached hydrogens (tertiary/aromatic N) is 4. The van der Waals surface area contributed by atoms with Gasteiger partial charge in [0.25, 0.3) is 0 Å². The molecule has 0 fully saturated rings. The van der Waals surface area contributed by atoms with E-state index in [0.29, 0.717) is 6.42 Å². The van der Waals surface area contributed by atoms with E-state index < -0.39 is 0 Å². The Morgan fingerprint density at radius 2 is 2.00 bits per heavy atom. The number of thiazole rings is 1. The SMILES string of the molecule is c1ncnc(Cc2nccs2)n1. The van der Waals surface area contributed by atoms with E-state index in [1.165, 1.54) is 12.7 Å². The summed E-state index contributed by atoms with van der Waals surface area (Å²) in [5, 5.41) is 2.97. The molecule has 4 nitrogen and oxygen atoms in total. The zero-order chi connectivity index (χ0) is 8.23. The lowest BCUT2D eigenvalue weighted by Crippen LogP contribution is -1.95. The molecule has 2 heterocycles. The van der Waals surface area contributed by atoms with Crippen LogP contribution in [0.5, 0.6) is 0 Å². The molecule has 60 valence electrons. The second-order valence-corrected chi connectivity index (χ2v) is 3.14. The second kappa shape index (κ2) is 3.36. The predicted octanol–water partition coefficient (Wildman–Crippen LogP) is 0.919. The van der Waals surface area contributed by atoms with Crippen LogP contribution in [0, 0.1) is 0 Å². The molecule has 0 aliphatic carbocycles. The van der Waals surface area contributed by atoms with Gasteiger partial charge >= 0.3 is 0 Å². The molecule has 0 aliphatic heterocycles. The van der Waals surface area contributed by atoms with E-state index in [0.717, 1.165) is 10.8 Å². The van der Waals surface area contributed by atoms with Crippen molar-refractivity contribution in [1.29, 1.82) is 0 Å². The van der Waals surface area contributed by atoms with Crippen molar-refractivity contribution < 1.29 is 0 Å². The maximum Gasteiger partial charge on any atom is 0.138 e. The summed E-state index contributed by atoms with van der Waals surface area (Å²) in [7, 11) is 0. The Morgan fingerprint density at radius 1 is 1.17 bits per heavy atom. The molecule has 0 atom stereocenters. The topological polar surface area (TPSA) is 51.6 Å². The molecule has 2 rings (SSSR count). The van der Waals surface area contributed by atoms with Gasteiger partial charge in [0.05, 0.1) is 6.42 Å². The molecular formula is C7H6N4S. The maximum atomic E-state index is 4.13. The molecule has 0 radical (unpaired) electrons. The summed E-state index contributed by atoms with van der Waals surface area (Å²) in [5.74, 6) is 0.764. The molecule has 0 saturated carbocycles. The molecule has 0 aromatic carbocycles. The molecule has 0 amide bonds. The molecule has 0 aliphatic rings. The Balaban J connectivity index is 2.15. The van der Waals surface area contributed by atoms with Crippen LogP contribution in [-0.4, -0.2) is 19.9 Å². The quantitative estimate of drug-likeness (QED) is 0.686. The van der Waals surface area contributed by atoms with E-state index in [-0.39, 0.29) is 0 Å². The highest BCUT2D eigenvalue weighted by atomic mass is 32.1. The van der Waals surface area contributed by atoms with Gasteiger partial charge in [0.2, 0.25) is 0 Å². The van der Waals surface area contributed by atoms with Crippen molar-refractivity contribution in [3.63, 3.8) is 0 Å². The van der Waals surface area contributed by atoms with Crippen LogP contribution in [0.15, 0.2) is 24.2 Å². The minimum atomic E-state index is 0.695. The molecule has 12 heavy (non-hydrogen) atoms. The van der Waals surface area contributed by atoms with E-state index in [2.05, 4.69) is 19.9 Å². The first-order chi connectivity index (χ1) is 5.95. The van der Waals surface area contributed by atoms with Crippen LogP contribution in [0.4, 0.5) is 0 Å². The van der Waals surface area contributed by atoms with Crippen molar-refractivity contribution >= 4 is 11.3 Å². The normalized spacial score (nSPS) is 10.0. The van der Waals surface area contributed by atoms with Crippen LogP contribution in [-0.2, 0) is 6.42 Å². The van der Waals surface area contributed by atoms with Crippen LogP contribution < -0.4 is 0 Å². The molecule has 0 bridgehead atoms. The Kier molecular flexibility index (Phi) is 2.04. The summed E-state index contributed by atoms with van der Waals surface area (Å²) in [4.78, 5) is 15.9. The molecule has 0 spiro atoms. The van der Waals surface area contributed by atoms with Gasteiger partial charge in [-0.2, -0.15) is 0 Å². The van der Waals surface area contributed by atoms with Crippen LogP contribution in [0.1, 0.15) is 10.8 Å². The van der Waals surface area contributed by atoms with Gasteiger partial charge in [-0.25, -0.2) is 19.9 Å². The van der Waals surface area contributed by atoms with Gasteiger partial charge in [0.1, 0.15) is 23.5 Å². The zero-order valence-corrected chi connectivity index (χ0v) is 7.03. The molecule has 0 saturated heterocycles. The molecule has 2 aromatic heterocycles. The van der Waals surface area contributed by atoms with Crippen molar-refractivity contribution in [1.82, 2.24) is 19.9 Å². The second-order valence-electron chi connectivity index (χ2n) is 2.16. The molecule has 0 N–H and O–H groups in total. The van der Waals surface area contributed by atoms with Gasteiger partial charge in [-0.3, -0.25) is 0 Å². The minimum absolute atomic E-state index is 0.695. The highest BCUT2D eigenvalue weighted by Crippen LogP contribution is 2.07. The fourth-order valence-corrected chi connectivity index (χ4v) is 1.44. The van der Waals surface area contributed by atoms with Crippen molar-refractivity contribution in [2.75, 3.05) is 0 Å². The summed E-state index contributed by atoms with van der Waals surface area (Å²) in [6.07, 6.45) is 5.47. The van der Waals surface area contributed by atoms with E-state index >= 15 is 0 Å². The minimum Gasteiger partial charge on any atom is -0.249 e. The van der Waals surface area contributed by atoms with Crippen LogP contribution in [0.3, 0.4) is 0 Å². The summed E-state index contributed by atoms with van der Waals surface area (Å²) < 4.78 is 0. The third-order valence-corrected chi connectivity index (χ3v) is 2.12. The Hall–Kier alpha value is -1.36. The Bertz CT molecular complexity index is 332. The van der Waals surface area contributed by atoms with Gasteiger partial charge in [0, 0.05) is 11.6 Å². The summed E-state index contributed by atoms with van der Waals surface area (Å²) >= 11 is 1.61. The first-order valence-electron chi connectivity index (χ1n) is 3.44. The van der Waals surface area contributed by atoms with Gasteiger partial charge in [0.15, 0.2) is 0 Å². The average Bonchev–Trinajstić information content (AvgIpc) is 2.59. The van der Waals surface area contributed by atoms with E-state index in [9.17, 15) is 0 Å². The summed E-state index contributed by atoms with van der Waals surface area (Å²) in [6, 6.07) is 0. The average molecular weight is 178 g/mol. The lowest BCUT2D eigenvalue weighted by Gasteiger charge is -1.92. The largest absolute Gasteiger partial charge is 0.249 e. The smallest absolute Gasteiger partial charge is 0.138 e. The first-order valence-corrected chi connectivity index (χ1v) is 4.32. The van der Waals surface area contributed by atoms with Crippen molar-refractivity contribution in [2.24, 2.45) is 0 Å². The van der Waals surface area contributed by atoms with Gasteiger partial charge in [-0.15, -0.1) is 11.3 Å². The zero-order valence-electron chi connectivity index (χ0n) is 6.21. The van der Waals surface area contributed by atoms with E-state index in [1.807, 2.05) is 5.38 Å². The fraction of sp³-hybridized carbons (Fsp3) is 0.143. The molecule has 2 aromatic rings. The van der Waals surface area contributed by atoms with E-state index in [1.54, 1.807) is 17.5 Å². The standard InChI is InChI=1S/C7H6N4S/c1-2-12-7(9-1)3-6-10-4-8-5-11-6/h1-2,4-5H,3H2. The number of rotatable bonds is 2. The number of hydrogen-bond donors (Lipinski definition) is 0. The van der Waals surface area contributed by atoms with Crippen molar-refractivity contribution in [3.8, 4) is 0 Å². The summed E-state index contributed by atoms with van der Waals surface area (Å²) in [6.45, 7) is 0. The monoisotopic (exact) mass is 178 g/mol. The molecular weight excluding hydrogens is 172 g/mol. The molecule has 5 heteroatoms. The predicted molar refractivity (Wildman–Crippen MR) is 44.7 cm³/mol. The number of hydrogen-bond acceptors (Lipinski definition) is 5. The van der Waals surface area contributed by atoms with E-state index in [4.69, 9.17) is 0 Å². The third-order valence-electron chi connectivity index (χ3n) is 1.34. The first kappa shape index (κ1) is 7.30. The Labute approximate surface area is 73.4 Å². The van der Waals surface area contributed by atoms with Crippen LogP contribution >= 0.6 is 11.3 Å². The van der Waals surface area contributed by atoms with Gasteiger partial charge in [-0.1, -0.05) is 0 Å². The molecule has 0 unspecified atom stereocenters. The van der Waals surface area contributed by atoms with Crippen LogP contribution in [0.25, 0.3) is 0 Å². The van der Waals surface area contributed by atoms with Crippen molar-refractivity contribution in [3.05, 3.63) is 35.1 Å².